The van der Waals surface area contributed by atoms with Crippen LogP contribution < -0.4 is 10.1 Å². The first kappa shape index (κ1) is 14.0. The Morgan fingerprint density at radius 1 is 1.26 bits per heavy atom. The van der Waals surface area contributed by atoms with Crippen molar-refractivity contribution in [3.05, 3.63) is 59.7 Å². The summed E-state index contributed by atoms with van der Waals surface area (Å²) in [6.45, 7) is 3.30. The Morgan fingerprint density at radius 2 is 2.04 bits per heavy atom. The van der Waals surface area contributed by atoms with E-state index in [4.69, 9.17) is 9.47 Å². The van der Waals surface area contributed by atoms with E-state index in [9.17, 15) is 4.79 Å². The maximum atomic E-state index is 12.4. The lowest BCUT2D eigenvalue weighted by molar-refractivity contribution is -0.110. The van der Waals surface area contributed by atoms with E-state index >= 15 is 0 Å². The molecular weight excluding hydrogens is 290 g/mol. The molecular formula is C19H17NO3. The van der Waals surface area contributed by atoms with Crippen molar-refractivity contribution in [3.63, 3.8) is 0 Å². The Labute approximate surface area is 134 Å². The Balaban J connectivity index is 1.72. The third kappa shape index (κ3) is 2.73. The standard InChI is InChI=1S/C19H17NO3/c1-12(13-5-3-2-4-6-13)18-16-9-14(22-10-15-11-23-15)7-8-17(16)20-19(18)21/h2-9,15H,10-11H2,1H3,(H,20,21)/b18-12+. The summed E-state index contributed by atoms with van der Waals surface area (Å²) >= 11 is 0. The highest BCUT2D eigenvalue weighted by molar-refractivity contribution is 6.36. The van der Waals surface area contributed by atoms with Crippen LogP contribution in [0.15, 0.2) is 48.5 Å². The van der Waals surface area contributed by atoms with Crippen LogP contribution in [-0.2, 0) is 9.53 Å². The van der Waals surface area contributed by atoms with E-state index in [1.54, 1.807) is 0 Å². The number of rotatable bonds is 4. The number of hydrogen-bond donors (Lipinski definition) is 1. The molecule has 0 aliphatic carbocycles. The summed E-state index contributed by atoms with van der Waals surface area (Å²) in [7, 11) is 0. The quantitative estimate of drug-likeness (QED) is 0.696. The highest BCUT2D eigenvalue weighted by Gasteiger charge is 2.28. The van der Waals surface area contributed by atoms with Gasteiger partial charge in [-0.25, -0.2) is 0 Å². The molecule has 1 fully saturated rings. The lowest BCUT2D eigenvalue weighted by Crippen LogP contribution is -2.05. The molecule has 116 valence electrons. The van der Waals surface area contributed by atoms with Gasteiger partial charge < -0.3 is 14.8 Å². The predicted molar refractivity (Wildman–Crippen MR) is 89.2 cm³/mol. The molecule has 1 saturated heterocycles. The molecule has 0 saturated carbocycles. The number of nitrogens with one attached hydrogen (secondary N) is 1. The van der Waals surface area contributed by atoms with E-state index in [1.807, 2.05) is 55.5 Å². The molecule has 2 aliphatic heterocycles. The van der Waals surface area contributed by atoms with E-state index < -0.39 is 0 Å². The summed E-state index contributed by atoms with van der Waals surface area (Å²) in [5.41, 5.74) is 4.44. The number of hydrogen-bond acceptors (Lipinski definition) is 3. The molecule has 1 atom stereocenters. The van der Waals surface area contributed by atoms with Gasteiger partial charge in [0.2, 0.25) is 0 Å². The van der Waals surface area contributed by atoms with Gasteiger partial charge in [-0.2, -0.15) is 0 Å². The molecule has 2 aromatic rings. The van der Waals surface area contributed by atoms with Crippen molar-refractivity contribution in [2.45, 2.75) is 13.0 Å². The molecule has 4 heteroatoms. The van der Waals surface area contributed by atoms with Crippen molar-refractivity contribution in [3.8, 4) is 5.75 Å². The van der Waals surface area contributed by atoms with Crippen molar-refractivity contribution in [1.82, 2.24) is 0 Å². The van der Waals surface area contributed by atoms with Crippen LogP contribution in [-0.4, -0.2) is 25.2 Å². The van der Waals surface area contributed by atoms with E-state index in [2.05, 4.69) is 5.32 Å². The van der Waals surface area contributed by atoms with Gasteiger partial charge in [0, 0.05) is 11.3 Å². The molecule has 2 heterocycles. The molecule has 0 spiro atoms. The van der Waals surface area contributed by atoms with Gasteiger partial charge in [-0.15, -0.1) is 0 Å². The number of ether oxygens (including phenoxy) is 2. The smallest absolute Gasteiger partial charge is 0.256 e. The van der Waals surface area contributed by atoms with Crippen molar-refractivity contribution in [2.75, 3.05) is 18.5 Å². The van der Waals surface area contributed by atoms with Crippen LogP contribution in [0.5, 0.6) is 5.75 Å². The summed E-state index contributed by atoms with van der Waals surface area (Å²) in [5.74, 6) is 0.693. The average Bonchev–Trinajstić information content (AvgIpc) is 3.34. The average molecular weight is 307 g/mol. The van der Waals surface area contributed by atoms with E-state index in [0.717, 1.165) is 34.7 Å². The Hall–Kier alpha value is -2.59. The predicted octanol–water partition coefficient (Wildman–Crippen LogP) is 3.35. The fourth-order valence-corrected chi connectivity index (χ4v) is 2.79. The van der Waals surface area contributed by atoms with E-state index in [1.165, 1.54) is 0 Å². The number of carbonyl (C=O) groups is 1. The number of benzene rings is 2. The van der Waals surface area contributed by atoms with Gasteiger partial charge in [0.05, 0.1) is 12.2 Å². The van der Waals surface area contributed by atoms with E-state index in [-0.39, 0.29) is 12.0 Å². The number of epoxide rings is 1. The molecule has 1 unspecified atom stereocenters. The van der Waals surface area contributed by atoms with Gasteiger partial charge in [-0.1, -0.05) is 30.3 Å². The summed E-state index contributed by atoms with van der Waals surface area (Å²) in [6.07, 6.45) is 0.212. The largest absolute Gasteiger partial charge is 0.491 e. The summed E-state index contributed by atoms with van der Waals surface area (Å²) in [4.78, 5) is 12.4. The fourth-order valence-electron chi connectivity index (χ4n) is 2.79. The van der Waals surface area contributed by atoms with Crippen LogP contribution in [0.1, 0.15) is 18.1 Å². The van der Waals surface area contributed by atoms with Crippen LogP contribution in [0.25, 0.3) is 11.1 Å². The normalized spacial score (nSPS) is 20.7. The van der Waals surface area contributed by atoms with Crippen molar-refractivity contribution in [2.24, 2.45) is 0 Å². The number of fused-ring (bicyclic) bond motifs is 1. The molecule has 2 aromatic carbocycles. The first-order valence-corrected chi connectivity index (χ1v) is 7.69. The second-order valence-corrected chi connectivity index (χ2v) is 5.79. The second kappa shape index (κ2) is 5.56. The zero-order chi connectivity index (χ0) is 15.8. The molecule has 0 aromatic heterocycles. The summed E-state index contributed by atoms with van der Waals surface area (Å²) in [6, 6.07) is 15.6. The molecule has 1 N–H and O–H groups in total. The van der Waals surface area contributed by atoms with Crippen LogP contribution in [0, 0.1) is 0 Å². The Kier molecular flexibility index (Phi) is 3.39. The highest BCUT2D eigenvalue weighted by atomic mass is 16.6. The molecule has 4 nitrogen and oxygen atoms in total. The number of allylic oxidation sites excluding steroid dienone is 1. The zero-order valence-corrected chi connectivity index (χ0v) is 12.8. The lowest BCUT2D eigenvalue weighted by atomic mass is 9.96. The lowest BCUT2D eigenvalue weighted by Gasteiger charge is -2.08. The van der Waals surface area contributed by atoms with Gasteiger partial charge in [0.1, 0.15) is 18.5 Å². The van der Waals surface area contributed by atoms with Crippen molar-refractivity contribution in [1.29, 1.82) is 0 Å². The SMILES string of the molecule is C/C(=C1\C(=O)Nc2ccc(OCC3CO3)cc21)c1ccccc1. The third-order valence-corrected chi connectivity index (χ3v) is 4.16. The second-order valence-electron chi connectivity index (χ2n) is 5.79. The maximum absolute atomic E-state index is 12.4. The van der Waals surface area contributed by atoms with Gasteiger partial charge in [0.15, 0.2) is 0 Å². The minimum atomic E-state index is -0.0657. The Bertz CT molecular complexity index is 792. The fraction of sp³-hybridized carbons (Fsp3) is 0.211. The van der Waals surface area contributed by atoms with Crippen LogP contribution in [0.2, 0.25) is 0 Å². The van der Waals surface area contributed by atoms with Gasteiger partial charge in [0.25, 0.3) is 5.91 Å². The van der Waals surface area contributed by atoms with Crippen LogP contribution in [0.4, 0.5) is 5.69 Å². The number of amides is 1. The molecule has 0 radical (unpaired) electrons. The minimum absolute atomic E-state index is 0.0657. The maximum Gasteiger partial charge on any atom is 0.256 e. The third-order valence-electron chi connectivity index (χ3n) is 4.16. The van der Waals surface area contributed by atoms with Crippen LogP contribution in [0.3, 0.4) is 0 Å². The zero-order valence-electron chi connectivity index (χ0n) is 12.8. The molecule has 1 amide bonds. The number of anilines is 1. The van der Waals surface area contributed by atoms with Crippen LogP contribution >= 0.6 is 0 Å². The minimum Gasteiger partial charge on any atom is -0.491 e. The first-order chi connectivity index (χ1) is 11.2. The molecule has 23 heavy (non-hydrogen) atoms. The highest BCUT2D eigenvalue weighted by Crippen LogP contribution is 2.38. The van der Waals surface area contributed by atoms with E-state index in [0.29, 0.717) is 12.2 Å². The van der Waals surface area contributed by atoms with Crippen molar-refractivity contribution >= 4 is 22.7 Å². The van der Waals surface area contributed by atoms with Crippen molar-refractivity contribution < 1.29 is 14.3 Å². The van der Waals surface area contributed by atoms with Gasteiger partial charge in [-0.05, 0) is 36.3 Å². The molecule has 0 bridgehead atoms. The van der Waals surface area contributed by atoms with Gasteiger partial charge >= 0.3 is 0 Å². The summed E-state index contributed by atoms with van der Waals surface area (Å²) < 4.78 is 10.9. The monoisotopic (exact) mass is 307 g/mol. The molecule has 4 rings (SSSR count). The van der Waals surface area contributed by atoms with Gasteiger partial charge in [-0.3, -0.25) is 4.79 Å². The molecule has 2 aliphatic rings. The topological polar surface area (TPSA) is 50.9 Å². The Morgan fingerprint density at radius 3 is 2.78 bits per heavy atom. The summed E-state index contributed by atoms with van der Waals surface area (Å²) in [5, 5.41) is 2.93. The number of carbonyl (C=O) groups excluding carboxylic acids is 1. The first-order valence-electron chi connectivity index (χ1n) is 7.69.